The van der Waals surface area contributed by atoms with Crippen molar-refractivity contribution in [1.29, 1.82) is 0 Å². The normalized spacial score (nSPS) is 12.9. The van der Waals surface area contributed by atoms with Crippen molar-refractivity contribution in [3.8, 4) is 0 Å². The maximum absolute atomic E-state index is 6.11. The highest BCUT2D eigenvalue weighted by atomic mass is 15.1. The Morgan fingerprint density at radius 3 is 2.40 bits per heavy atom. The van der Waals surface area contributed by atoms with E-state index in [0.29, 0.717) is 6.04 Å². The molecule has 0 amide bonds. The molecular formula is C13H22N2. The van der Waals surface area contributed by atoms with Crippen LogP contribution in [-0.2, 0) is 0 Å². The Morgan fingerprint density at radius 1 is 1.27 bits per heavy atom. The van der Waals surface area contributed by atoms with E-state index >= 15 is 0 Å². The molecule has 84 valence electrons. The molecule has 0 fully saturated rings. The lowest BCUT2D eigenvalue weighted by atomic mass is 10.0. The lowest BCUT2D eigenvalue weighted by Gasteiger charge is -2.28. The number of nitrogens with two attached hydrogens (primary N) is 1. The average Bonchev–Trinajstić information content (AvgIpc) is 2.27. The Morgan fingerprint density at radius 2 is 1.87 bits per heavy atom. The summed E-state index contributed by atoms with van der Waals surface area (Å²) in [6.07, 6.45) is 0.975. The van der Waals surface area contributed by atoms with E-state index < -0.39 is 0 Å². The first-order valence-corrected chi connectivity index (χ1v) is 5.65. The first-order valence-electron chi connectivity index (χ1n) is 5.65. The third-order valence-corrected chi connectivity index (χ3v) is 2.93. The summed E-state index contributed by atoms with van der Waals surface area (Å²) < 4.78 is 0. The van der Waals surface area contributed by atoms with Gasteiger partial charge in [0.2, 0.25) is 0 Å². The fraction of sp³-hybridized carbons (Fsp3) is 0.538. The zero-order chi connectivity index (χ0) is 11.4. The maximum Gasteiger partial charge on any atom is 0.0414 e. The van der Waals surface area contributed by atoms with Gasteiger partial charge in [0.25, 0.3) is 0 Å². The van der Waals surface area contributed by atoms with E-state index in [1.165, 1.54) is 11.3 Å². The summed E-state index contributed by atoms with van der Waals surface area (Å²) in [6.45, 7) is 6.50. The van der Waals surface area contributed by atoms with Crippen molar-refractivity contribution < 1.29 is 0 Å². The predicted molar refractivity (Wildman–Crippen MR) is 67.2 cm³/mol. The van der Waals surface area contributed by atoms with Crippen molar-refractivity contribution in [1.82, 2.24) is 0 Å². The highest BCUT2D eigenvalue weighted by Crippen LogP contribution is 2.26. The van der Waals surface area contributed by atoms with Crippen molar-refractivity contribution in [2.75, 3.05) is 11.9 Å². The number of rotatable bonds is 4. The van der Waals surface area contributed by atoms with Gasteiger partial charge in [-0.15, -0.1) is 0 Å². The van der Waals surface area contributed by atoms with Crippen molar-refractivity contribution in [2.45, 2.75) is 39.3 Å². The summed E-state index contributed by atoms with van der Waals surface area (Å²) in [6, 6.07) is 9.04. The topological polar surface area (TPSA) is 29.3 Å². The maximum atomic E-state index is 6.11. The third kappa shape index (κ3) is 2.72. The summed E-state index contributed by atoms with van der Waals surface area (Å²) in [7, 11) is 2.12. The van der Waals surface area contributed by atoms with Gasteiger partial charge >= 0.3 is 0 Å². The minimum Gasteiger partial charge on any atom is -0.372 e. The van der Waals surface area contributed by atoms with Gasteiger partial charge in [-0.25, -0.2) is 0 Å². The van der Waals surface area contributed by atoms with E-state index in [-0.39, 0.29) is 6.04 Å². The zero-order valence-corrected chi connectivity index (χ0v) is 10.2. The summed E-state index contributed by atoms with van der Waals surface area (Å²) in [5, 5.41) is 0. The number of hydrogen-bond donors (Lipinski definition) is 1. The van der Waals surface area contributed by atoms with E-state index in [1.54, 1.807) is 0 Å². The standard InChI is InChI=1S/C13H22N2/c1-5-12(14)11-8-6-7-9-13(11)15(4)10(2)3/h6-10,12H,5,14H2,1-4H3/t12-/m0/s1. The van der Waals surface area contributed by atoms with Crippen LogP contribution in [0.25, 0.3) is 0 Å². The van der Waals surface area contributed by atoms with Crippen LogP contribution in [0.3, 0.4) is 0 Å². The number of para-hydroxylation sites is 1. The molecule has 0 heterocycles. The van der Waals surface area contributed by atoms with E-state index in [4.69, 9.17) is 5.73 Å². The van der Waals surface area contributed by atoms with Gasteiger partial charge in [-0.2, -0.15) is 0 Å². The summed E-state index contributed by atoms with van der Waals surface area (Å²) in [5.74, 6) is 0. The predicted octanol–water partition coefficient (Wildman–Crippen LogP) is 2.94. The van der Waals surface area contributed by atoms with Crippen LogP contribution < -0.4 is 10.6 Å². The Kier molecular flexibility index (Phi) is 4.15. The zero-order valence-electron chi connectivity index (χ0n) is 10.2. The molecular weight excluding hydrogens is 184 g/mol. The van der Waals surface area contributed by atoms with Crippen LogP contribution >= 0.6 is 0 Å². The number of anilines is 1. The molecule has 0 bridgehead atoms. The van der Waals surface area contributed by atoms with Crippen LogP contribution in [0.4, 0.5) is 5.69 Å². The van der Waals surface area contributed by atoms with Gasteiger partial charge in [-0.3, -0.25) is 0 Å². The highest BCUT2D eigenvalue weighted by molar-refractivity contribution is 5.54. The van der Waals surface area contributed by atoms with Crippen molar-refractivity contribution >= 4 is 5.69 Å². The highest BCUT2D eigenvalue weighted by Gasteiger charge is 2.13. The second kappa shape index (κ2) is 5.17. The first-order chi connectivity index (χ1) is 7.07. The van der Waals surface area contributed by atoms with Crippen molar-refractivity contribution in [2.24, 2.45) is 5.73 Å². The molecule has 1 aromatic carbocycles. The fourth-order valence-corrected chi connectivity index (χ4v) is 1.62. The molecule has 2 heteroatoms. The summed E-state index contributed by atoms with van der Waals surface area (Å²) in [5.41, 5.74) is 8.60. The number of hydrogen-bond acceptors (Lipinski definition) is 2. The lowest BCUT2D eigenvalue weighted by Crippen LogP contribution is -2.27. The first kappa shape index (κ1) is 12.1. The van der Waals surface area contributed by atoms with Gasteiger partial charge in [0.15, 0.2) is 0 Å². The van der Waals surface area contributed by atoms with E-state index in [0.717, 1.165) is 6.42 Å². The average molecular weight is 206 g/mol. The minimum absolute atomic E-state index is 0.141. The number of benzene rings is 1. The molecule has 1 atom stereocenters. The Labute approximate surface area is 93.1 Å². The monoisotopic (exact) mass is 206 g/mol. The van der Waals surface area contributed by atoms with Gasteiger partial charge in [0.05, 0.1) is 0 Å². The van der Waals surface area contributed by atoms with Crippen LogP contribution in [0.1, 0.15) is 38.8 Å². The van der Waals surface area contributed by atoms with E-state index in [9.17, 15) is 0 Å². The third-order valence-electron chi connectivity index (χ3n) is 2.93. The Bertz CT molecular complexity index is 307. The lowest BCUT2D eigenvalue weighted by molar-refractivity contribution is 0.683. The molecule has 2 nitrogen and oxygen atoms in total. The molecule has 15 heavy (non-hydrogen) atoms. The van der Waals surface area contributed by atoms with E-state index in [1.807, 2.05) is 0 Å². The summed E-state index contributed by atoms with van der Waals surface area (Å²) >= 11 is 0. The van der Waals surface area contributed by atoms with Gasteiger partial charge in [-0.1, -0.05) is 25.1 Å². The van der Waals surface area contributed by atoms with Gasteiger partial charge in [-0.05, 0) is 31.9 Å². The minimum atomic E-state index is 0.141. The van der Waals surface area contributed by atoms with Crippen LogP contribution in [-0.4, -0.2) is 13.1 Å². The molecule has 0 aliphatic rings. The number of nitrogens with zero attached hydrogens (tertiary/aromatic N) is 1. The molecule has 0 saturated heterocycles. The molecule has 0 spiro atoms. The van der Waals surface area contributed by atoms with Gasteiger partial charge < -0.3 is 10.6 Å². The molecule has 1 aromatic rings. The molecule has 0 aliphatic heterocycles. The molecule has 0 unspecified atom stereocenters. The molecule has 1 rings (SSSR count). The van der Waals surface area contributed by atoms with Crippen LogP contribution in [0.5, 0.6) is 0 Å². The SMILES string of the molecule is CC[C@H](N)c1ccccc1N(C)C(C)C. The Balaban J connectivity index is 3.06. The van der Waals surface area contributed by atoms with Crippen molar-refractivity contribution in [3.05, 3.63) is 29.8 Å². The molecule has 2 N–H and O–H groups in total. The summed E-state index contributed by atoms with van der Waals surface area (Å²) in [4.78, 5) is 2.27. The second-order valence-corrected chi connectivity index (χ2v) is 4.28. The molecule has 0 aromatic heterocycles. The molecule has 0 saturated carbocycles. The van der Waals surface area contributed by atoms with E-state index in [2.05, 4.69) is 57.0 Å². The second-order valence-electron chi connectivity index (χ2n) is 4.28. The smallest absolute Gasteiger partial charge is 0.0414 e. The van der Waals surface area contributed by atoms with Crippen molar-refractivity contribution in [3.63, 3.8) is 0 Å². The molecule has 0 radical (unpaired) electrons. The van der Waals surface area contributed by atoms with Crippen LogP contribution in [0, 0.1) is 0 Å². The van der Waals surface area contributed by atoms with Crippen LogP contribution in [0.2, 0.25) is 0 Å². The molecule has 0 aliphatic carbocycles. The van der Waals surface area contributed by atoms with Gasteiger partial charge in [0.1, 0.15) is 0 Å². The Hall–Kier alpha value is -1.02. The quantitative estimate of drug-likeness (QED) is 0.820. The largest absolute Gasteiger partial charge is 0.372 e. The van der Waals surface area contributed by atoms with Crippen LogP contribution in [0.15, 0.2) is 24.3 Å². The fourth-order valence-electron chi connectivity index (χ4n) is 1.62. The van der Waals surface area contributed by atoms with Gasteiger partial charge in [0, 0.05) is 24.8 Å².